The number of aryl methyl sites for hydroxylation is 1. The van der Waals surface area contributed by atoms with Crippen molar-refractivity contribution in [2.75, 3.05) is 15.8 Å². The SMILES string of the molecule is Cc1ccsc1C(=O)n1nc(Nc2ccc(S(=O)(=O)Nc3ccccn3)cc2)nc1N. The van der Waals surface area contributed by atoms with Crippen LogP contribution in [0.4, 0.5) is 23.4 Å². The second-order valence-electron chi connectivity index (χ2n) is 6.41. The molecule has 1 aromatic carbocycles. The van der Waals surface area contributed by atoms with Gasteiger partial charge >= 0.3 is 0 Å². The number of aromatic nitrogens is 4. The second kappa shape index (κ2) is 8.16. The lowest BCUT2D eigenvalue weighted by molar-refractivity contribution is 0.0951. The number of nitrogens with one attached hydrogen (secondary N) is 2. The van der Waals surface area contributed by atoms with Crippen LogP contribution in [0.3, 0.4) is 0 Å². The lowest BCUT2D eigenvalue weighted by atomic mass is 10.3. The molecule has 0 saturated carbocycles. The summed E-state index contributed by atoms with van der Waals surface area (Å²) in [6, 6.07) is 12.7. The highest BCUT2D eigenvalue weighted by molar-refractivity contribution is 7.92. The van der Waals surface area contributed by atoms with Crippen LogP contribution in [-0.2, 0) is 10.0 Å². The molecular weight excluding hydrogens is 438 g/mol. The Labute approximate surface area is 181 Å². The largest absolute Gasteiger partial charge is 0.368 e. The Balaban J connectivity index is 1.50. The predicted molar refractivity (Wildman–Crippen MR) is 118 cm³/mol. The van der Waals surface area contributed by atoms with E-state index in [0.29, 0.717) is 10.6 Å². The Morgan fingerprint density at radius 3 is 2.55 bits per heavy atom. The van der Waals surface area contributed by atoms with Crippen LogP contribution in [0.2, 0.25) is 0 Å². The molecule has 0 aliphatic heterocycles. The summed E-state index contributed by atoms with van der Waals surface area (Å²) in [5.41, 5.74) is 7.20. The smallest absolute Gasteiger partial charge is 0.291 e. The molecule has 0 bridgehead atoms. The second-order valence-corrected chi connectivity index (χ2v) is 9.01. The van der Waals surface area contributed by atoms with Crippen molar-refractivity contribution >= 4 is 50.7 Å². The maximum Gasteiger partial charge on any atom is 0.291 e. The lowest BCUT2D eigenvalue weighted by Gasteiger charge is -2.08. The van der Waals surface area contributed by atoms with E-state index in [1.165, 1.54) is 29.7 Å². The first-order chi connectivity index (χ1) is 14.8. The van der Waals surface area contributed by atoms with Crippen molar-refractivity contribution in [2.24, 2.45) is 0 Å². The molecule has 12 heteroatoms. The molecule has 4 aromatic rings. The van der Waals surface area contributed by atoms with Crippen LogP contribution in [0, 0.1) is 6.92 Å². The van der Waals surface area contributed by atoms with Crippen molar-refractivity contribution in [1.29, 1.82) is 0 Å². The minimum absolute atomic E-state index is 0.0564. The molecular formula is C19H17N7O3S2. The van der Waals surface area contributed by atoms with Crippen LogP contribution >= 0.6 is 11.3 Å². The number of rotatable bonds is 6. The van der Waals surface area contributed by atoms with Crippen LogP contribution in [0.5, 0.6) is 0 Å². The Kier molecular flexibility index (Phi) is 5.40. The molecule has 0 saturated heterocycles. The van der Waals surface area contributed by atoms with Crippen LogP contribution in [0.15, 0.2) is 65.0 Å². The van der Waals surface area contributed by atoms with Crippen molar-refractivity contribution < 1.29 is 13.2 Å². The number of hydrogen-bond acceptors (Lipinski definition) is 9. The number of thiophene rings is 1. The summed E-state index contributed by atoms with van der Waals surface area (Å²) in [5, 5.41) is 8.84. The third-order valence-electron chi connectivity index (χ3n) is 4.21. The topological polar surface area (TPSA) is 145 Å². The van der Waals surface area contributed by atoms with Gasteiger partial charge in [0, 0.05) is 11.9 Å². The minimum Gasteiger partial charge on any atom is -0.368 e. The number of carbonyl (C=O) groups excluding carboxylic acids is 1. The summed E-state index contributed by atoms with van der Waals surface area (Å²) >= 11 is 1.30. The van der Waals surface area contributed by atoms with Gasteiger partial charge in [-0.05, 0) is 60.3 Å². The van der Waals surface area contributed by atoms with Gasteiger partial charge in [0.15, 0.2) is 0 Å². The van der Waals surface area contributed by atoms with E-state index in [9.17, 15) is 13.2 Å². The zero-order chi connectivity index (χ0) is 22.0. The van der Waals surface area contributed by atoms with Crippen molar-refractivity contribution in [2.45, 2.75) is 11.8 Å². The molecule has 0 spiro atoms. The average molecular weight is 456 g/mol. The third-order valence-corrected chi connectivity index (χ3v) is 6.58. The first kappa shape index (κ1) is 20.5. The molecule has 31 heavy (non-hydrogen) atoms. The zero-order valence-corrected chi connectivity index (χ0v) is 17.8. The van der Waals surface area contributed by atoms with Crippen LogP contribution in [0.1, 0.15) is 15.2 Å². The molecule has 3 aromatic heterocycles. The highest BCUT2D eigenvalue weighted by Crippen LogP contribution is 2.21. The summed E-state index contributed by atoms with van der Waals surface area (Å²) in [4.78, 5) is 21.2. The summed E-state index contributed by atoms with van der Waals surface area (Å²) in [7, 11) is -3.79. The van der Waals surface area contributed by atoms with E-state index in [4.69, 9.17) is 5.73 Å². The van der Waals surface area contributed by atoms with Gasteiger partial charge < -0.3 is 11.1 Å². The molecule has 4 rings (SSSR count). The first-order valence-corrected chi connectivity index (χ1v) is 11.3. The van der Waals surface area contributed by atoms with E-state index in [1.54, 1.807) is 30.3 Å². The van der Waals surface area contributed by atoms with E-state index in [-0.39, 0.29) is 28.5 Å². The molecule has 3 heterocycles. The van der Waals surface area contributed by atoms with Crippen molar-refractivity contribution in [3.8, 4) is 0 Å². The predicted octanol–water partition coefficient (Wildman–Crippen LogP) is 2.86. The molecule has 10 nitrogen and oxygen atoms in total. The van der Waals surface area contributed by atoms with Crippen LogP contribution < -0.4 is 15.8 Å². The van der Waals surface area contributed by atoms with Gasteiger partial charge in [0.05, 0.1) is 9.77 Å². The Morgan fingerprint density at radius 1 is 1.13 bits per heavy atom. The van der Waals surface area contributed by atoms with E-state index < -0.39 is 10.0 Å². The van der Waals surface area contributed by atoms with E-state index in [0.717, 1.165) is 10.2 Å². The number of anilines is 4. The molecule has 0 amide bonds. The number of carbonyl (C=O) groups is 1. The average Bonchev–Trinajstić information content (AvgIpc) is 3.33. The molecule has 0 aliphatic rings. The molecule has 0 fully saturated rings. The van der Waals surface area contributed by atoms with E-state index in [2.05, 4.69) is 25.1 Å². The number of hydrogen-bond donors (Lipinski definition) is 3. The Hall–Kier alpha value is -3.77. The van der Waals surface area contributed by atoms with Crippen molar-refractivity contribution in [1.82, 2.24) is 19.7 Å². The number of sulfonamides is 1. The lowest BCUT2D eigenvalue weighted by Crippen LogP contribution is -2.16. The van der Waals surface area contributed by atoms with E-state index in [1.807, 2.05) is 18.4 Å². The number of nitrogens with zero attached hydrogens (tertiary/aromatic N) is 4. The maximum absolute atomic E-state index is 12.6. The van der Waals surface area contributed by atoms with Gasteiger partial charge in [-0.2, -0.15) is 9.67 Å². The fourth-order valence-electron chi connectivity index (χ4n) is 2.68. The number of nitrogen functional groups attached to an aromatic ring is 1. The monoisotopic (exact) mass is 455 g/mol. The zero-order valence-electron chi connectivity index (χ0n) is 16.2. The molecule has 0 atom stereocenters. The van der Waals surface area contributed by atoms with Crippen molar-refractivity contribution in [3.63, 3.8) is 0 Å². The molecule has 0 unspecified atom stereocenters. The van der Waals surface area contributed by atoms with Gasteiger partial charge in [-0.25, -0.2) is 13.4 Å². The van der Waals surface area contributed by atoms with Gasteiger partial charge in [0.2, 0.25) is 11.9 Å². The fourth-order valence-corrected chi connectivity index (χ4v) is 4.54. The standard InChI is InChI=1S/C19H17N7O3S2/c1-12-9-11-30-16(12)17(27)26-18(20)23-19(24-26)22-13-5-7-14(8-6-13)31(28,29)25-15-4-2-3-10-21-15/h2-11H,1H3,(H,21,25)(H3,20,22,23,24). The summed E-state index contributed by atoms with van der Waals surface area (Å²) in [6.45, 7) is 1.83. The normalized spacial score (nSPS) is 11.3. The summed E-state index contributed by atoms with van der Waals surface area (Å²) in [6.07, 6.45) is 1.49. The highest BCUT2D eigenvalue weighted by Gasteiger charge is 2.19. The van der Waals surface area contributed by atoms with E-state index >= 15 is 0 Å². The summed E-state index contributed by atoms with van der Waals surface area (Å²) < 4.78 is 28.4. The first-order valence-electron chi connectivity index (χ1n) is 8.96. The number of nitrogens with two attached hydrogens (primary N) is 1. The highest BCUT2D eigenvalue weighted by atomic mass is 32.2. The maximum atomic E-state index is 12.6. The number of benzene rings is 1. The Morgan fingerprint density at radius 2 is 1.90 bits per heavy atom. The number of pyridine rings is 1. The molecule has 4 N–H and O–H groups in total. The van der Waals surface area contributed by atoms with Gasteiger partial charge in [-0.3, -0.25) is 9.52 Å². The quantitative estimate of drug-likeness (QED) is 0.402. The fraction of sp³-hybridized carbons (Fsp3) is 0.0526. The third kappa shape index (κ3) is 4.39. The molecule has 0 aliphatic carbocycles. The van der Waals surface area contributed by atoms with Gasteiger partial charge in [-0.1, -0.05) is 6.07 Å². The summed E-state index contributed by atoms with van der Waals surface area (Å²) in [5.74, 6) is -0.0884. The minimum atomic E-state index is -3.79. The van der Waals surface area contributed by atoms with Gasteiger partial charge in [0.25, 0.3) is 15.9 Å². The van der Waals surface area contributed by atoms with Crippen LogP contribution in [-0.4, -0.2) is 34.1 Å². The molecule has 0 radical (unpaired) electrons. The molecule has 158 valence electrons. The van der Waals surface area contributed by atoms with Crippen molar-refractivity contribution in [3.05, 3.63) is 70.5 Å². The van der Waals surface area contributed by atoms with Gasteiger partial charge in [-0.15, -0.1) is 16.4 Å². The Bertz CT molecular complexity index is 1330. The van der Waals surface area contributed by atoms with Crippen LogP contribution in [0.25, 0.3) is 0 Å². The van der Waals surface area contributed by atoms with Gasteiger partial charge in [0.1, 0.15) is 5.82 Å².